The summed E-state index contributed by atoms with van der Waals surface area (Å²) in [5, 5.41) is 28.5. The van der Waals surface area contributed by atoms with Gasteiger partial charge in [0.15, 0.2) is 5.69 Å². The van der Waals surface area contributed by atoms with Crippen molar-refractivity contribution in [1.29, 1.82) is 0 Å². The first-order chi connectivity index (χ1) is 19.4. The summed E-state index contributed by atoms with van der Waals surface area (Å²) in [5.74, 6) is 0.129. The Labute approximate surface area is 248 Å². The molecule has 3 heterocycles. The van der Waals surface area contributed by atoms with Gasteiger partial charge in [-0.2, -0.15) is 10.2 Å². The average molecular weight is 567 g/mol. The maximum Gasteiger partial charge on any atom is 0.250 e. The third kappa shape index (κ3) is 5.07. The SMILES string of the molecule is CC(C)(C)CC(C)(C)c1cc2cc3nn([nH+]c13)-c1cccc(O)c1-n1nc3cc(cc(C(C)(C)CC(C)(C)C)c3[nH+]1)C2. The largest absolute Gasteiger partial charge is 0.505 e. The first kappa shape index (κ1) is 28.4. The van der Waals surface area contributed by atoms with Crippen LogP contribution in [0.15, 0.2) is 42.5 Å². The van der Waals surface area contributed by atoms with Gasteiger partial charge in [-0.3, -0.25) is 0 Å². The van der Waals surface area contributed by atoms with Crippen molar-refractivity contribution < 1.29 is 15.3 Å². The fraction of sp³-hybridized carbons (Fsp3) is 0.486. The van der Waals surface area contributed by atoms with Crippen LogP contribution in [0.4, 0.5) is 0 Å². The number of nitrogens with zero attached hydrogens (tertiary/aromatic N) is 4. The number of phenolic OH excluding ortho intramolecular Hbond substituents is 1. The molecule has 42 heavy (non-hydrogen) atoms. The minimum atomic E-state index is -0.110. The van der Waals surface area contributed by atoms with Crippen molar-refractivity contribution in [1.82, 2.24) is 19.8 Å². The Bertz CT molecular complexity index is 1840. The standard InChI is InChI=1S/C35H44N6O/c1-32(2,3)19-34(7,8)23-15-21-14-22-16-24(35(9,10)20-33(4,5)6)30-26(18-22)37-41(39-30)31-27(12-11-13-28(31)42)40-36-25(17-21)29(23)38-40/h11-13,15-18,42H,14,19-20H2,1-10H3/p+2. The molecule has 1 aliphatic rings. The number of hydrogen-bond donors (Lipinski definition) is 1. The van der Waals surface area contributed by atoms with Gasteiger partial charge in [0.1, 0.15) is 5.75 Å². The number of phenols is 1. The molecule has 0 saturated heterocycles. The topological polar surface area (TPSA) is 84.1 Å². The van der Waals surface area contributed by atoms with Gasteiger partial charge in [-0.1, -0.05) is 87.4 Å². The Balaban J connectivity index is 1.68. The Hall–Kier alpha value is -3.74. The first-order valence-corrected chi connectivity index (χ1v) is 15.1. The zero-order chi connectivity index (χ0) is 30.4. The summed E-state index contributed by atoms with van der Waals surface area (Å²) >= 11 is 0. The van der Waals surface area contributed by atoms with Crippen LogP contribution < -0.4 is 10.2 Å². The van der Waals surface area contributed by atoms with Crippen molar-refractivity contribution in [2.75, 3.05) is 0 Å². The van der Waals surface area contributed by atoms with E-state index in [9.17, 15) is 5.11 Å². The van der Waals surface area contributed by atoms with Gasteiger partial charge in [-0.05, 0) is 73.8 Å². The summed E-state index contributed by atoms with van der Waals surface area (Å²) in [6, 6.07) is 14.7. The van der Waals surface area contributed by atoms with Crippen molar-refractivity contribution in [3.05, 3.63) is 64.7 Å². The third-order valence-corrected chi connectivity index (χ3v) is 8.45. The van der Waals surface area contributed by atoms with Gasteiger partial charge in [-0.15, -0.1) is 0 Å². The zero-order valence-electron chi connectivity index (χ0n) is 26.9. The molecule has 0 spiro atoms. The monoisotopic (exact) mass is 566 g/mol. The van der Waals surface area contributed by atoms with Gasteiger partial charge in [0.2, 0.25) is 27.8 Å². The Morgan fingerprint density at radius 3 is 1.67 bits per heavy atom. The van der Waals surface area contributed by atoms with Crippen molar-refractivity contribution in [3.8, 4) is 17.1 Å². The summed E-state index contributed by atoms with van der Waals surface area (Å²) in [7, 11) is 0. The number of hydrogen-bond acceptors (Lipinski definition) is 3. The van der Waals surface area contributed by atoms with Crippen LogP contribution in [0.1, 0.15) is 104 Å². The molecule has 6 bridgehead atoms. The molecular weight excluding hydrogens is 520 g/mol. The predicted molar refractivity (Wildman–Crippen MR) is 167 cm³/mol. The van der Waals surface area contributed by atoms with E-state index in [0.29, 0.717) is 11.4 Å². The van der Waals surface area contributed by atoms with E-state index in [0.717, 1.165) is 41.3 Å². The van der Waals surface area contributed by atoms with Gasteiger partial charge < -0.3 is 5.11 Å². The van der Waals surface area contributed by atoms with E-state index in [1.165, 1.54) is 22.3 Å². The van der Waals surface area contributed by atoms with E-state index >= 15 is 0 Å². The van der Waals surface area contributed by atoms with Gasteiger partial charge in [0.25, 0.3) is 0 Å². The highest BCUT2D eigenvalue weighted by Gasteiger charge is 2.36. The van der Waals surface area contributed by atoms with Crippen LogP contribution in [0.25, 0.3) is 33.4 Å². The van der Waals surface area contributed by atoms with Crippen LogP contribution in [0.5, 0.6) is 5.75 Å². The van der Waals surface area contributed by atoms with E-state index in [4.69, 9.17) is 10.2 Å². The molecule has 7 nitrogen and oxygen atoms in total. The van der Waals surface area contributed by atoms with E-state index in [-0.39, 0.29) is 27.4 Å². The lowest BCUT2D eigenvalue weighted by Crippen LogP contribution is -2.29. The van der Waals surface area contributed by atoms with Gasteiger partial charge >= 0.3 is 0 Å². The minimum Gasteiger partial charge on any atom is -0.505 e. The molecule has 0 fully saturated rings. The Morgan fingerprint density at radius 1 is 0.690 bits per heavy atom. The van der Waals surface area contributed by atoms with Crippen LogP contribution >= 0.6 is 0 Å². The number of rotatable bonds is 4. The van der Waals surface area contributed by atoms with Crippen molar-refractivity contribution in [2.45, 2.75) is 99.3 Å². The fourth-order valence-electron chi connectivity index (χ4n) is 7.72. The smallest absolute Gasteiger partial charge is 0.250 e. The second-order valence-corrected chi connectivity index (χ2v) is 16.2. The summed E-state index contributed by atoms with van der Waals surface area (Å²) < 4.78 is 0. The molecule has 0 saturated carbocycles. The molecular formula is C35H46N6O+2. The van der Waals surface area contributed by atoms with Crippen LogP contribution in [0.2, 0.25) is 0 Å². The normalized spacial score (nSPS) is 14.1. The van der Waals surface area contributed by atoms with Crippen molar-refractivity contribution in [2.24, 2.45) is 10.8 Å². The van der Waals surface area contributed by atoms with Crippen LogP contribution in [-0.4, -0.2) is 24.9 Å². The minimum absolute atomic E-state index is 0.0959. The van der Waals surface area contributed by atoms with Crippen LogP contribution in [0.3, 0.4) is 0 Å². The lowest BCUT2D eigenvalue weighted by atomic mass is 9.71. The molecule has 3 aromatic carbocycles. The lowest BCUT2D eigenvalue weighted by Gasteiger charge is -2.33. The van der Waals surface area contributed by atoms with Crippen molar-refractivity contribution >= 4 is 22.1 Å². The summed E-state index contributed by atoms with van der Waals surface area (Å²) in [5.41, 5.74) is 10.1. The van der Waals surface area contributed by atoms with Crippen molar-refractivity contribution in [3.63, 3.8) is 0 Å². The van der Waals surface area contributed by atoms with Crippen LogP contribution in [0, 0.1) is 10.8 Å². The maximum absolute atomic E-state index is 11.2. The first-order valence-electron chi connectivity index (χ1n) is 15.1. The number of aromatic nitrogens is 6. The highest BCUT2D eigenvalue weighted by Crippen LogP contribution is 2.41. The maximum atomic E-state index is 11.2. The number of H-pyrrole nitrogens is 2. The van der Waals surface area contributed by atoms with Crippen LogP contribution in [-0.2, 0) is 17.3 Å². The van der Waals surface area contributed by atoms with E-state index in [2.05, 4.69) is 104 Å². The number of para-hydroxylation sites is 1. The van der Waals surface area contributed by atoms with E-state index < -0.39 is 0 Å². The average Bonchev–Trinajstić information content (AvgIpc) is 3.43. The molecule has 0 radical (unpaired) electrons. The number of fused-ring (bicyclic) bond motifs is 7. The molecule has 0 unspecified atom stereocenters. The number of aromatic amines is 2. The molecule has 1 aliphatic heterocycles. The Morgan fingerprint density at radius 2 is 1.17 bits per heavy atom. The lowest BCUT2D eigenvalue weighted by molar-refractivity contribution is -0.461. The Kier molecular flexibility index (Phi) is 6.17. The molecule has 0 atom stereocenters. The quantitative estimate of drug-likeness (QED) is 0.249. The molecule has 5 aromatic rings. The molecule has 0 amide bonds. The molecule has 7 heteroatoms. The van der Waals surface area contributed by atoms with Gasteiger partial charge in [0.05, 0.1) is 10.2 Å². The second kappa shape index (κ2) is 9.13. The third-order valence-electron chi connectivity index (χ3n) is 8.45. The zero-order valence-corrected chi connectivity index (χ0v) is 26.9. The summed E-state index contributed by atoms with van der Waals surface area (Å²) in [6.07, 6.45) is 2.82. The fourth-order valence-corrected chi connectivity index (χ4v) is 7.72. The molecule has 2 aromatic heterocycles. The molecule has 0 aliphatic carbocycles. The van der Waals surface area contributed by atoms with Gasteiger partial charge in [-0.25, -0.2) is 0 Å². The molecule has 220 valence electrons. The number of aromatic hydroxyl groups is 1. The summed E-state index contributed by atoms with van der Waals surface area (Å²) in [6.45, 7) is 23.1. The number of benzene rings is 3. The predicted octanol–water partition coefficient (Wildman–Crippen LogP) is 7.03. The van der Waals surface area contributed by atoms with Gasteiger partial charge in [0, 0.05) is 23.3 Å². The highest BCUT2D eigenvalue weighted by atomic mass is 16.3. The second-order valence-electron chi connectivity index (χ2n) is 16.2. The van der Waals surface area contributed by atoms with E-state index in [1.807, 2.05) is 12.1 Å². The molecule has 3 N–H and O–H groups in total. The highest BCUT2D eigenvalue weighted by molar-refractivity contribution is 5.79. The summed E-state index contributed by atoms with van der Waals surface area (Å²) in [4.78, 5) is 3.50. The number of nitrogens with one attached hydrogen (secondary N) is 2. The van der Waals surface area contributed by atoms with E-state index in [1.54, 1.807) is 15.7 Å². The molecule has 6 rings (SSSR count).